The van der Waals surface area contributed by atoms with Gasteiger partial charge in [-0.1, -0.05) is 12.1 Å². The summed E-state index contributed by atoms with van der Waals surface area (Å²) in [6.07, 6.45) is -3.34. The third-order valence-electron chi connectivity index (χ3n) is 4.03. The maximum Gasteiger partial charge on any atom is 0.418 e. The fourth-order valence-corrected chi connectivity index (χ4v) is 2.59. The van der Waals surface area contributed by atoms with E-state index in [9.17, 15) is 13.2 Å². The summed E-state index contributed by atoms with van der Waals surface area (Å²) >= 11 is 0. The Morgan fingerprint density at radius 2 is 1.55 bits per heavy atom. The Morgan fingerprint density at radius 3 is 2.17 bits per heavy atom. The summed E-state index contributed by atoms with van der Waals surface area (Å²) in [6, 6.07) is 10.1. The van der Waals surface area contributed by atoms with Gasteiger partial charge in [0.25, 0.3) is 0 Å². The molecule has 0 fully saturated rings. The molecule has 0 unspecified atom stereocenters. The predicted octanol–water partition coefficient (Wildman–Crippen LogP) is 4.58. The highest BCUT2D eigenvalue weighted by Gasteiger charge is 2.33. The van der Waals surface area contributed by atoms with Crippen molar-refractivity contribution in [3.05, 3.63) is 54.4 Å². The van der Waals surface area contributed by atoms with E-state index in [0.29, 0.717) is 17.2 Å². The van der Waals surface area contributed by atoms with Crippen LogP contribution >= 0.6 is 0 Å². The molecule has 3 aromatic rings. The monoisotopic (exact) mass is 405 g/mol. The number of nitrogens with zero attached hydrogens (tertiary/aromatic N) is 2. The van der Waals surface area contributed by atoms with Crippen LogP contribution in [0.1, 0.15) is 5.56 Å². The zero-order chi connectivity index (χ0) is 21.0. The average molecular weight is 405 g/mol. The Balaban J connectivity index is 1.92. The molecule has 0 radical (unpaired) electrons. The zero-order valence-electron chi connectivity index (χ0n) is 15.5. The first kappa shape index (κ1) is 20.1. The summed E-state index contributed by atoms with van der Waals surface area (Å²) < 4.78 is 50.1. The van der Waals surface area contributed by atoms with Crippen LogP contribution in [0.2, 0.25) is 0 Å². The number of benzene rings is 2. The van der Waals surface area contributed by atoms with E-state index in [0.717, 1.165) is 6.07 Å². The van der Waals surface area contributed by atoms with Crippen molar-refractivity contribution in [2.45, 2.75) is 6.18 Å². The second kappa shape index (κ2) is 8.13. The highest BCUT2D eigenvalue weighted by atomic mass is 19.4. The molecule has 0 saturated heterocycles. The Labute approximate surface area is 164 Å². The highest BCUT2D eigenvalue weighted by molar-refractivity contribution is 5.82. The van der Waals surface area contributed by atoms with E-state index in [2.05, 4.69) is 20.6 Å². The zero-order valence-corrected chi connectivity index (χ0v) is 15.5. The lowest BCUT2D eigenvalue weighted by Crippen LogP contribution is -2.11. The largest absolute Gasteiger partial charge is 0.497 e. The SMILES string of the molecule is COc1ccc(Nc2ncnc(Nc3ccccc3C(F)(F)F)c2N)c(OC)c1. The number of ether oxygens (including phenoxy) is 2. The van der Waals surface area contributed by atoms with E-state index in [4.69, 9.17) is 15.2 Å². The van der Waals surface area contributed by atoms with Crippen LogP contribution in [0.4, 0.5) is 41.9 Å². The molecular formula is C19H18F3N5O2. The van der Waals surface area contributed by atoms with Gasteiger partial charge in [-0.05, 0) is 24.3 Å². The molecule has 1 aromatic heterocycles. The number of methoxy groups -OCH3 is 2. The number of nitrogens with two attached hydrogens (primary N) is 1. The van der Waals surface area contributed by atoms with Crippen molar-refractivity contribution in [3.8, 4) is 11.5 Å². The number of nitrogens with one attached hydrogen (secondary N) is 2. The van der Waals surface area contributed by atoms with E-state index in [-0.39, 0.29) is 23.0 Å². The maximum absolute atomic E-state index is 13.2. The van der Waals surface area contributed by atoms with Gasteiger partial charge in [-0.25, -0.2) is 9.97 Å². The number of halogens is 3. The lowest BCUT2D eigenvalue weighted by molar-refractivity contribution is -0.136. The van der Waals surface area contributed by atoms with Gasteiger partial charge in [0.15, 0.2) is 11.6 Å². The number of hydrogen-bond donors (Lipinski definition) is 3. The van der Waals surface area contributed by atoms with Crippen molar-refractivity contribution in [3.63, 3.8) is 0 Å². The lowest BCUT2D eigenvalue weighted by Gasteiger charge is -2.17. The second-order valence-electron chi connectivity index (χ2n) is 5.84. The van der Waals surface area contributed by atoms with Crippen molar-refractivity contribution in [2.24, 2.45) is 0 Å². The number of anilines is 5. The molecule has 2 aromatic carbocycles. The standard InChI is InChI=1S/C19H18F3N5O2/c1-28-11-7-8-14(15(9-11)29-2)27-18-16(23)17(24-10-25-18)26-13-6-4-3-5-12(13)19(20,21)22/h3-10H,23H2,1-2H3,(H2,24,25,26,27). The Bertz CT molecular complexity index is 1010. The summed E-state index contributed by atoms with van der Waals surface area (Å²) in [4.78, 5) is 8.03. The lowest BCUT2D eigenvalue weighted by atomic mass is 10.1. The molecule has 0 aliphatic rings. The van der Waals surface area contributed by atoms with Crippen LogP contribution < -0.4 is 25.8 Å². The summed E-state index contributed by atoms with van der Waals surface area (Å²) in [5, 5.41) is 5.63. The van der Waals surface area contributed by atoms with Gasteiger partial charge in [-0.2, -0.15) is 13.2 Å². The highest BCUT2D eigenvalue weighted by Crippen LogP contribution is 2.38. The van der Waals surface area contributed by atoms with Gasteiger partial charge in [-0.3, -0.25) is 0 Å². The van der Waals surface area contributed by atoms with Gasteiger partial charge < -0.3 is 25.8 Å². The average Bonchev–Trinajstić information content (AvgIpc) is 2.70. The molecule has 152 valence electrons. The molecule has 0 bridgehead atoms. The van der Waals surface area contributed by atoms with Gasteiger partial charge in [0.05, 0.1) is 31.2 Å². The van der Waals surface area contributed by atoms with Crippen LogP contribution in [0, 0.1) is 0 Å². The molecule has 0 aliphatic carbocycles. The van der Waals surface area contributed by atoms with Crippen LogP contribution in [0.3, 0.4) is 0 Å². The van der Waals surface area contributed by atoms with Crippen LogP contribution in [-0.2, 0) is 6.18 Å². The minimum absolute atomic E-state index is 0.0340. The minimum atomic E-state index is -4.52. The maximum atomic E-state index is 13.2. The summed E-state index contributed by atoms with van der Waals surface area (Å²) in [7, 11) is 3.02. The first-order chi connectivity index (χ1) is 13.8. The van der Waals surface area contributed by atoms with E-state index in [1.165, 1.54) is 38.7 Å². The molecule has 0 amide bonds. The molecule has 29 heavy (non-hydrogen) atoms. The molecule has 0 aliphatic heterocycles. The number of hydrogen-bond acceptors (Lipinski definition) is 7. The van der Waals surface area contributed by atoms with Gasteiger partial charge in [0.2, 0.25) is 0 Å². The van der Waals surface area contributed by atoms with Crippen molar-refractivity contribution < 1.29 is 22.6 Å². The quantitative estimate of drug-likeness (QED) is 0.552. The first-order valence-corrected chi connectivity index (χ1v) is 8.36. The second-order valence-corrected chi connectivity index (χ2v) is 5.84. The van der Waals surface area contributed by atoms with Crippen LogP contribution in [0.25, 0.3) is 0 Å². The van der Waals surface area contributed by atoms with Crippen molar-refractivity contribution >= 4 is 28.7 Å². The molecule has 0 saturated carbocycles. The Morgan fingerprint density at radius 1 is 0.897 bits per heavy atom. The van der Waals surface area contributed by atoms with Gasteiger partial charge in [0, 0.05) is 6.07 Å². The van der Waals surface area contributed by atoms with E-state index in [1.807, 2.05) is 0 Å². The van der Waals surface area contributed by atoms with Gasteiger partial charge in [-0.15, -0.1) is 0 Å². The fourth-order valence-electron chi connectivity index (χ4n) is 2.59. The van der Waals surface area contributed by atoms with Crippen LogP contribution in [0.5, 0.6) is 11.5 Å². The van der Waals surface area contributed by atoms with Crippen molar-refractivity contribution in [2.75, 3.05) is 30.6 Å². The third-order valence-corrected chi connectivity index (χ3v) is 4.03. The van der Waals surface area contributed by atoms with E-state index >= 15 is 0 Å². The minimum Gasteiger partial charge on any atom is -0.497 e. The predicted molar refractivity (Wildman–Crippen MR) is 104 cm³/mol. The third kappa shape index (κ3) is 4.42. The van der Waals surface area contributed by atoms with Crippen molar-refractivity contribution in [1.29, 1.82) is 0 Å². The van der Waals surface area contributed by atoms with Crippen LogP contribution in [-0.4, -0.2) is 24.2 Å². The summed E-state index contributed by atoms with van der Waals surface area (Å²) in [5.74, 6) is 1.30. The topological polar surface area (TPSA) is 94.3 Å². The molecular weight excluding hydrogens is 387 g/mol. The molecule has 0 atom stereocenters. The fraction of sp³-hybridized carbons (Fsp3) is 0.158. The molecule has 7 nitrogen and oxygen atoms in total. The van der Waals surface area contributed by atoms with Gasteiger partial charge >= 0.3 is 6.18 Å². The van der Waals surface area contributed by atoms with E-state index in [1.54, 1.807) is 18.2 Å². The van der Waals surface area contributed by atoms with Crippen LogP contribution in [0.15, 0.2) is 48.8 Å². The number of rotatable bonds is 6. The van der Waals surface area contributed by atoms with E-state index < -0.39 is 11.7 Å². The number of alkyl halides is 3. The number of para-hydroxylation sites is 1. The normalized spacial score (nSPS) is 11.1. The van der Waals surface area contributed by atoms with Crippen molar-refractivity contribution in [1.82, 2.24) is 9.97 Å². The molecule has 3 rings (SSSR count). The smallest absolute Gasteiger partial charge is 0.418 e. The summed E-state index contributed by atoms with van der Waals surface area (Å²) in [6.45, 7) is 0. The summed E-state index contributed by atoms with van der Waals surface area (Å²) in [5.41, 5.74) is 5.68. The molecule has 0 spiro atoms. The molecule has 4 N–H and O–H groups in total. The Hall–Kier alpha value is -3.69. The Kier molecular flexibility index (Phi) is 5.62. The molecule has 1 heterocycles. The first-order valence-electron chi connectivity index (χ1n) is 8.36. The molecule has 10 heteroatoms. The number of nitrogen functional groups attached to an aromatic ring is 1. The van der Waals surface area contributed by atoms with Gasteiger partial charge in [0.1, 0.15) is 23.5 Å². The number of aromatic nitrogens is 2.